The van der Waals surface area contributed by atoms with Crippen LogP contribution < -0.4 is 10.6 Å². The van der Waals surface area contributed by atoms with Crippen molar-refractivity contribution >= 4 is 17.5 Å². The number of piperidine rings is 1. The van der Waals surface area contributed by atoms with Gasteiger partial charge in [0.1, 0.15) is 18.0 Å². The van der Waals surface area contributed by atoms with Crippen molar-refractivity contribution in [2.45, 2.75) is 39.2 Å². The lowest BCUT2D eigenvalue weighted by atomic mass is 10.1. The zero-order valence-corrected chi connectivity index (χ0v) is 12.4. The molecule has 0 aromatic carbocycles. The number of nitrogens with zero attached hydrogens (tertiary/aromatic N) is 3. The second-order valence-corrected chi connectivity index (χ2v) is 5.09. The highest BCUT2D eigenvalue weighted by Crippen LogP contribution is 2.23. The molecule has 2 heterocycles. The first-order chi connectivity index (χ1) is 9.65. The first-order valence-corrected chi connectivity index (χ1v) is 7.23. The maximum atomic E-state index is 11.5. The smallest absolute Gasteiger partial charge is 0.222 e. The van der Waals surface area contributed by atoms with Gasteiger partial charge in [0.2, 0.25) is 5.91 Å². The lowest BCUT2D eigenvalue weighted by molar-refractivity contribution is -0.132. The van der Waals surface area contributed by atoms with Crippen molar-refractivity contribution in [3.05, 3.63) is 11.9 Å². The minimum Gasteiger partial charge on any atom is -0.370 e. The van der Waals surface area contributed by atoms with Crippen LogP contribution in [0.1, 0.15) is 32.3 Å². The van der Waals surface area contributed by atoms with Crippen molar-refractivity contribution in [1.29, 1.82) is 0 Å². The average molecular weight is 277 g/mol. The van der Waals surface area contributed by atoms with Gasteiger partial charge >= 0.3 is 0 Å². The number of anilines is 2. The molecule has 1 amide bonds. The lowest BCUT2D eigenvalue weighted by Crippen LogP contribution is -2.43. The molecule has 0 spiro atoms. The van der Waals surface area contributed by atoms with E-state index in [2.05, 4.69) is 34.4 Å². The number of hydrogen-bond acceptors (Lipinski definition) is 5. The molecule has 20 heavy (non-hydrogen) atoms. The van der Waals surface area contributed by atoms with Crippen LogP contribution in [0.2, 0.25) is 0 Å². The fourth-order valence-corrected chi connectivity index (χ4v) is 2.51. The molecule has 0 radical (unpaired) electrons. The molecule has 1 atom stereocenters. The minimum absolute atomic E-state index is 0.217. The van der Waals surface area contributed by atoms with Gasteiger partial charge in [-0.05, 0) is 19.8 Å². The Morgan fingerprint density at radius 1 is 1.35 bits per heavy atom. The minimum atomic E-state index is 0.217. The van der Waals surface area contributed by atoms with Gasteiger partial charge in [-0.1, -0.05) is 6.92 Å². The molecule has 1 fully saturated rings. The third kappa shape index (κ3) is 3.18. The van der Waals surface area contributed by atoms with E-state index in [9.17, 15) is 4.79 Å². The Hall–Kier alpha value is -1.85. The number of hydrogen-bond donors (Lipinski definition) is 2. The monoisotopic (exact) mass is 277 g/mol. The van der Waals surface area contributed by atoms with Gasteiger partial charge in [-0.25, -0.2) is 9.97 Å². The maximum Gasteiger partial charge on any atom is 0.222 e. The summed E-state index contributed by atoms with van der Waals surface area (Å²) in [5, 5.41) is 6.73. The number of amides is 1. The predicted octanol–water partition coefficient (Wildman–Crippen LogP) is 1.50. The third-order valence-electron chi connectivity index (χ3n) is 3.61. The Labute approximate surface area is 120 Å². The van der Waals surface area contributed by atoms with Crippen LogP contribution in [0.15, 0.2) is 6.33 Å². The van der Waals surface area contributed by atoms with E-state index in [0.29, 0.717) is 6.42 Å². The van der Waals surface area contributed by atoms with Crippen molar-refractivity contribution in [1.82, 2.24) is 14.9 Å². The molecule has 1 aliphatic heterocycles. The Morgan fingerprint density at radius 2 is 2.10 bits per heavy atom. The molecule has 0 saturated carbocycles. The molecule has 6 heteroatoms. The summed E-state index contributed by atoms with van der Waals surface area (Å²) in [5.74, 6) is 1.99. The third-order valence-corrected chi connectivity index (χ3v) is 3.61. The van der Waals surface area contributed by atoms with Gasteiger partial charge < -0.3 is 15.5 Å². The van der Waals surface area contributed by atoms with Gasteiger partial charge in [-0.2, -0.15) is 0 Å². The van der Waals surface area contributed by atoms with E-state index < -0.39 is 0 Å². The number of carbonyl (C=O) groups is 1. The molecule has 1 saturated heterocycles. The van der Waals surface area contributed by atoms with Crippen LogP contribution in [0.3, 0.4) is 0 Å². The summed E-state index contributed by atoms with van der Waals surface area (Å²) in [7, 11) is 1.85. The van der Waals surface area contributed by atoms with E-state index in [4.69, 9.17) is 0 Å². The van der Waals surface area contributed by atoms with Crippen LogP contribution in [0.5, 0.6) is 0 Å². The van der Waals surface area contributed by atoms with Gasteiger partial charge in [-0.15, -0.1) is 0 Å². The van der Waals surface area contributed by atoms with E-state index in [1.165, 1.54) is 0 Å². The molecule has 1 aromatic heterocycles. The van der Waals surface area contributed by atoms with Crippen molar-refractivity contribution in [3.8, 4) is 0 Å². The SMILES string of the molecule is CCNc1ncnc(NC2CCC(=O)N(C)C2)c1CC. The van der Waals surface area contributed by atoms with Crippen LogP contribution in [0.25, 0.3) is 0 Å². The molecular weight excluding hydrogens is 254 g/mol. The second-order valence-electron chi connectivity index (χ2n) is 5.09. The van der Waals surface area contributed by atoms with E-state index in [-0.39, 0.29) is 11.9 Å². The van der Waals surface area contributed by atoms with Gasteiger partial charge in [0.15, 0.2) is 0 Å². The van der Waals surface area contributed by atoms with E-state index in [1.54, 1.807) is 11.2 Å². The predicted molar refractivity (Wildman–Crippen MR) is 79.9 cm³/mol. The van der Waals surface area contributed by atoms with Crippen molar-refractivity contribution in [2.75, 3.05) is 30.8 Å². The Balaban J connectivity index is 2.12. The quantitative estimate of drug-likeness (QED) is 0.853. The molecule has 1 unspecified atom stereocenters. The Kier molecular flexibility index (Phi) is 4.76. The number of likely N-dealkylation sites (tertiary alicyclic amines) is 1. The maximum absolute atomic E-state index is 11.5. The summed E-state index contributed by atoms with van der Waals surface area (Å²) >= 11 is 0. The van der Waals surface area contributed by atoms with Gasteiger partial charge in [-0.3, -0.25) is 4.79 Å². The van der Waals surface area contributed by atoms with E-state index in [0.717, 1.165) is 43.1 Å². The largest absolute Gasteiger partial charge is 0.370 e. The zero-order valence-electron chi connectivity index (χ0n) is 12.4. The number of rotatable bonds is 5. The molecule has 1 aromatic rings. The Bertz CT molecular complexity index is 477. The van der Waals surface area contributed by atoms with Crippen molar-refractivity contribution in [3.63, 3.8) is 0 Å². The number of aromatic nitrogens is 2. The number of carbonyl (C=O) groups excluding carboxylic acids is 1. The fourth-order valence-electron chi connectivity index (χ4n) is 2.51. The number of likely N-dealkylation sites (N-methyl/N-ethyl adjacent to an activating group) is 1. The van der Waals surface area contributed by atoms with Crippen LogP contribution in [0, 0.1) is 0 Å². The van der Waals surface area contributed by atoms with E-state index >= 15 is 0 Å². The fraction of sp³-hybridized carbons (Fsp3) is 0.643. The van der Waals surface area contributed by atoms with Gasteiger partial charge in [0, 0.05) is 38.2 Å². The van der Waals surface area contributed by atoms with Crippen LogP contribution in [-0.4, -0.2) is 47.0 Å². The molecular formula is C14H23N5O. The summed E-state index contributed by atoms with van der Waals surface area (Å²) in [4.78, 5) is 22.0. The summed E-state index contributed by atoms with van der Waals surface area (Å²) < 4.78 is 0. The molecule has 0 bridgehead atoms. The summed E-state index contributed by atoms with van der Waals surface area (Å²) in [6, 6.07) is 0.257. The average Bonchev–Trinajstić information content (AvgIpc) is 2.44. The van der Waals surface area contributed by atoms with Crippen molar-refractivity contribution < 1.29 is 4.79 Å². The standard InChI is InChI=1S/C14H23N5O/c1-4-11-13(15-5-2)16-9-17-14(11)18-10-6-7-12(20)19(3)8-10/h9-10H,4-8H2,1-3H3,(H2,15,16,17,18). The highest BCUT2D eigenvalue weighted by Gasteiger charge is 2.23. The Morgan fingerprint density at radius 3 is 2.75 bits per heavy atom. The van der Waals surface area contributed by atoms with Crippen LogP contribution in [0.4, 0.5) is 11.6 Å². The molecule has 6 nitrogen and oxygen atoms in total. The van der Waals surface area contributed by atoms with Crippen LogP contribution in [-0.2, 0) is 11.2 Å². The lowest BCUT2D eigenvalue weighted by Gasteiger charge is -2.31. The molecule has 2 rings (SSSR count). The summed E-state index contributed by atoms with van der Waals surface area (Å²) in [6.07, 6.45) is 3.90. The van der Waals surface area contributed by atoms with Gasteiger partial charge in [0.25, 0.3) is 0 Å². The highest BCUT2D eigenvalue weighted by molar-refractivity contribution is 5.77. The second kappa shape index (κ2) is 6.54. The molecule has 2 N–H and O–H groups in total. The first-order valence-electron chi connectivity index (χ1n) is 7.23. The zero-order chi connectivity index (χ0) is 14.5. The molecule has 0 aliphatic carbocycles. The normalized spacial score (nSPS) is 19.1. The number of nitrogens with one attached hydrogen (secondary N) is 2. The summed E-state index contributed by atoms with van der Waals surface area (Å²) in [6.45, 7) is 5.71. The first kappa shape index (κ1) is 14.6. The van der Waals surface area contributed by atoms with Crippen molar-refractivity contribution in [2.24, 2.45) is 0 Å². The van der Waals surface area contributed by atoms with E-state index in [1.807, 2.05) is 7.05 Å². The van der Waals surface area contributed by atoms with Crippen LogP contribution >= 0.6 is 0 Å². The summed E-state index contributed by atoms with van der Waals surface area (Å²) in [5.41, 5.74) is 1.11. The van der Waals surface area contributed by atoms with Gasteiger partial charge in [0.05, 0.1) is 0 Å². The molecule has 110 valence electrons. The highest BCUT2D eigenvalue weighted by atomic mass is 16.2. The topological polar surface area (TPSA) is 70.1 Å². The molecule has 1 aliphatic rings.